The van der Waals surface area contributed by atoms with Gasteiger partial charge in [-0.15, -0.1) is 0 Å². The lowest BCUT2D eigenvalue weighted by atomic mass is 10.0. The quantitative estimate of drug-likeness (QED) is 0.500. The Bertz CT molecular complexity index is 287. The molecule has 0 N–H and O–H groups in total. The van der Waals surface area contributed by atoms with Gasteiger partial charge >= 0.3 is 6.18 Å². The zero-order valence-corrected chi connectivity index (χ0v) is 13.1. The Kier molecular flexibility index (Phi) is 7.37. The van der Waals surface area contributed by atoms with Crippen LogP contribution < -0.4 is 0 Å². The van der Waals surface area contributed by atoms with Crippen molar-refractivity contribution in [3.63, 3.8) is 0 Å². The fourth-order valence-electron chi connectivity index (χ4n) is 1.23. The third-order valence-electron chi connectivity index (χ3n) is 1.88. The molecular weight excluding hydrogens is 284 g/mol. The molecule has 1 atom stereocenters. The lowest BCUT2D eigenvalue weighted by Gasteiger charge is -2.29. The molecule has 18 heavy (non-hydrogen) atoms. The van der Waals surface area contributed by atoms with Crippen LogP contribution in [0.25, 0.3) is 0 Å². The molecule has 0 rings (SSSR count). The second-order valence-corrected chi connectivity index (χ2v) is 9.13. The summed E-state index contributed by atoms with van der Waals surface area (Å²) in [6, 6.07) is 0. The van der Waals surface area contributed by atoms with Crippen molar-refractivity contribution in [1.29, 1.82) is 0 Å². The summed E-state index contributed by atoms with van der Waals surface area (Å²) in [4.78, 5) is 0. The average molecular weight is 306 g/mol. The maximum Gasteiger partial charge on any atom is 0.412 e. The van der Waals surface area contributed by atoms with E-state index >= 15 is 0 Å². The highest BCUT2D eigenvalue weighted by molar-refractivity contribution is 8.09. The SMILES string of the molecule is CCCCOP(=S)(CC(C)(C)C)OCC(F)(F)F. The van der Waals surface area contributed by atoms with E-state index in [9.17, 15) is 13.2 Å². The van der Waals surface area contributed by atoms with Crippen molar-refractivity contribution in [2.75, 3.05) is 19.4 Å². The minimum absolute atomic E-state index is 0.215. The number of hydrogen-bond acceptors (Lipinski definition) is 3. The van der Waals surface area contributed by atoms with E-state index in [2.05, 4.69) is 0 Å². The molecular formula is C11H22F3O2PS. The van der Waals surface area contributed by atoms with Crippen LogP contribution in [0.15, 0.2) is 0 Å². The van der Waals surface area contributed by atoms with E-state index in [1.54, 1.807) is 0 Å². The molecule has 0 saturated carbocycles. The molecule has 0 fully saturated rings. The summed E-state index contributed by atoms with van der Waals surface area (Å²) in [6.07, 6.45) is -2.34. The highest BCUT2D eigenvalue weighted by Crippen LogP contribution is 2.53. The molecule has 7 heteroatoms. The van der Waals surface area contributed by atoms with Crippen LogP contribution in [0, 0.1) is 5.41 Å². The Morgan fingerprint density at radius 2 is 1.67 bits per heavy atom. The minimum Gasteiger partial charge on any atom is -0.329 e. The molecule has 0 aliphatic heterocycles. The predicted molar refractivity (Wildman–Crippen MR) is 71.5 cm³/mol. The van der Waals surface area contributed by atoms with Gasteiger partial charge in [-0.1, -0.05) is 34.1 Å². The van der Waals surface area contributed by atoms with Crippen molar-refractivity contribution in [3.8, 4) is 0 Å². The Balaban J connectivity index is 4.55. The molecule has 0 amide bonds. The van der Waals surface area contributed by atoms with Crippen molar-refractivity contribution in [2.45, 2.75) is 46.7 Å². The van der Waals surface area contributed by atoms with Gasteiger partial charge in [0.1, 0.15) is 6.61 Å². The van der Waals surface area contributed by atoms with Crippen molar-refractivity contribution >= 4 is 18.3 Å². The molecule has 0 bridgehead atoms. The van der Waals surface area contributed by atoms with Gasteiger partial charge in [0.25, 0.3) is 0 Å². The number of hydrogen-bond donors (Lipinski definition) is 0. The largest absolute Gasteiger partial charge is 0.412 e. The average Bonchev–Trinajstić information content (AvgIpc) is 2.12. The molecule has 0 heterocycles. The lowest BCUT2D eigenvalue weighted by Crippen LogP contribution is -2.20. The van der Waals surface area contributed by atoms with Crippen molar-refractivity contribution in [1.82, 2.24) is 0 Å². The molecule has 2 nitrogen and oxygen atoms in total. The number of halogens is 3. The summed E-state index contributed by atoms with van der Waals surface area (Å²) >= 11 is 5.20. The van der Waals surface area contributed by atoms with Crippen LogP contribution in [0.1, 0.15) is 40.5 Å². The first kappa shape index (κ1) is 18.4. The van der Waals surface area contributed by atoms with E-state index in [4.69, 9.17) is 20.9 Å². The van der Waals surface area contributed by atoms with E-state index in [-0.39, 0.29) is 5.41 Å². The van der Waals surface area contributed by atoms with Crippen LogP contribution in [0.2, 0.25) is 0 Å². The van der Waals surface area contributed by atoms with E-state index < -0.39 is 19.3 Å². The summed E-state index contributed by atoms with van der Waals surface area (Å²) in [7, 11) is 0. The van der Waals surface area contributed by atoms with Crippen LogP contribution in [0.3, 0.4) is 0 Å². The number of unbranched alkanes of at least 4 members (excludes halogenated alkanes) is 1. The molecule has 0 spiro atoms. The van der Waals surface area contributed by atoms with Gasteiger partial charge in [0.15, 0.2) is 6.49 Å². The first-order chi connectivity index (χ1) is 7.97. The van der Waals surface area contributed by atoms with E-state index in [0.29, 0.717) is 12.8 Å². The third kappa shape index (κ3) is 10.3. The topological polar surface area (TPSA) is 18.5 Å². The fourth-order valence-corrected chi connectivity index (χ4v) is 4.94. The maximum atomic E-state index is 12.2. The van der Waals surface area contributed by atoms with Gasteiger partial charge in [-0.25, -0.2) is 0 Å². The summed E-state index contributed by atoms with van der Waals surface area (Å²) in [5, 5.41) is 0. The standard InChI is InChI=1S/C11H22F3O2PS/c1-5-6-7-15-17(18,9-10(2,3)4)16-8-11(12,13)14/h5-9H2,1-4H3. The zero-order chi connectivity index (χ0) is 14.4. The van der Waals surface area contributed by atoms with Crippen molar-refractivity contribution < 1.29 is 22.2 Å². The van der Waals surface area contributed by atoms with Gasteiger partial charge in [0, 0.05) is 6.16 Å². The summed E-state index contributed by atoms with van der Waals surface area (Å²) in [6.45, 7) is 3.89. The highest BCUT2D eigenvalue weighted by Gasteiger charge is 2.34. The molecule has 0 radical (unpaired) electrons. The predicted octanol–water partition coefficient (Wildman–Crippen LogP) is 4.74. The molecule has 1 unspecified atom stereocenters. The molecule has 0 aromatic carbocycles. The van der Waals surface area contributed by atoms with Crippen LogP contribution >= 0.6 is 6.49 Å². The van der Waals surface area contributed by atoms with Gasteiger partial charge < -0.3 is 9.05 Å². The van der Waals surface area contributed by atoms with Gasteiger partial charge in [-0.3, -0.25) is 0 Å². The first-order valence-electron chi connectivity index (χ1n) is 5.92. The molecule has 110 valence electrons. The molecule has 0 saturated heterocycles. The first-order valence-corrected chi connectivity index (χ1v) is 8.75. The second kappa shape index (κ2) is 7.22. The van der Waals surface area contributed by atoms with Gasteiger partial charge in [-0.05, 0) is 23.6 Å². The van der Waals surface area contributed by atoms with E-state index in [1.807, 2.05) is 27.7 Å². The smallest absolute Gasteiger partial charge is 0.329 e. The van der Waals surface area contributed by atoms with Crippen LogP contribution in [0.5, 0.6) is 0 Å². The van der Waals surface area contributed by atoms with Gasteiger partial charge in [0.2, 0.25) is 0 Å². The third-order valence-corrected chi connectivity index (χ3v) is 5.33. The Hall–Kier alpha value is 0.360. The minimum atomic E-state index is -4.37. The molecule has 0 aliphatic rings. The summed E-state index contributed by atoms with van der Waals surface area (Å²) in [5.41, 5.74) is -0.215. The van der Waals surface area contributed by atoms with Crippen LogP contribution in [-0.4, -0.2) is 25.6 Å². The van der Waals surface area contributed by atoms with Gasteiger partial charge in [0.05, 0.1) is 6.61 Å². The number of alkyl halides is 3. The molecule has 0 aliphatic carbocycles. The Labute approximate surface area is 112 Å². The Morgan fingerprint density at radius 1 is 1.11 bits per heavy atom. The fraction of sp³-hybridized carbons (Fsp3) is 1.00. The Morgan fingerprint density at radius 3 is 2.06 bits per heavy atom. The highest BCUT2D eigenvalue weighted by atomic mass is 32.5. The van der Waals surface area contributed by atoms with Crippen molar-refractivity contribution in [3.05, 3.63) is 0 Å². The van der Waals surface area contributed by atoms with Crippen LogP contribution in [-0.2, 0) is 20.9 Å². The van der Waals surface area contributed by atoms with Crippen LogP contribution in [0.4, 0.5) is 13.2 Å². The summed E-state index contributed by atoms with van der Waals surface area (Å²) < 4.78 is 46.9. The van der Waals surface area contributed by atoms with E-state index in [0.717, 1.165) is 12.8 Å². The number of rotatable bonds is 7. The molecule has 0 aromatic heterocycles. The van der Waals surface area contributed by atoms with E-state index in [1.165, 1.54) is 0 Å². The second-order valence-electron chi connectivity index (χ2n) is 5.41. The monoisotopic (exact) mass is 306 g/mol. The normalized spacial score (nSPS) is 16.6. The molecule has 0 aromatic rings. The summed E-state index contributed by atoms with van der Waals surface area (Å²) in [5.74, 6) is 0. The van der Waals surface area contributed by atoms with Crippen molar-refractivity contribution in [2.24, 2.45) is 5.41 Å². The maximum absolute atomic E-state index is 12.2. The van der Waals surface area contributed by atoms with Gasteiger partial charge in [-0.2, -0.15) is 13.2 Å². The zero-order valence-electron chi connectivity index (χ0n) is 11.3. The lowest BCUT2D eigenvalue weighted by molar-refractivity contribution is -0.154.